The van der Waals surface area contributed by atoms with Gasteiger partial charge in [-0.25, -0.2) is 0 Å². The van der Waals surface area contributed by atoms with Gasteiger partial charge in [0.25, 0.3) is 0 Å². The second-order valence-corrected chi connectivity index (χ2v) is 6.70. The van der Waals surface area contributed by atoms with Crippen LogP contribution in [-0.2, 0) is 0 Å². The van der Waals surface area contributed by atoms with Gasteiger partial charge in [0.15, 0.2) is 0 Å². The van der Waals surface area contributed by atoms with Gasteiger partial charge in [0.2, 0.25) is 0 Å². The molecule has 0 amide bonds. The first-order chi connectivity index (χ1) is 5.04. The first-order valence-electron chi connectivity index (χ1n) is 3.26. The first-order valence-corrected chi connectivity index (χ1v) is 5.58. The van der Waals surface area contributed by atoms with E-state index in [1.807, 2.05) is 13.8 Å². The van der Waals surface area contributed by atoms with Crippen molar-refractivity contribution in [2.75, 3.05) is 5.73 Å². The Morgan fingerprint density at radius 2 is 1.82 bits per heavy atom. The molecule has 0 spiro atoms. The van der Waals surface area contributed by atoms with Crippen LogP contribution < -0.4 is 37.8 Å². The van der Waals surface area contributed by atoms with Gasteiger partial charge in [0, 0.05) is 0 Å². The quantitative estimate of drug-likeness (QED) is 0.344. The van der Waals surface area contributed by atoms with E-state index in [1.54, 1.807) is 0 Å². The van der Waals surface area contributed by atoms with Crippen molar-refractivity contribution in [1.29, 1.82) is 0 Å². The molecule has 1 aromatic carbocycles. The molecular weight excluding hydrogens is 257 g/mol. The normalized spacial score (nSPS) is 11.5. The first kappa shape index (κ1) is 8.70. The van der Waals surface area contributed by atoms with Crippen LogP contribution in [-0.4, -0.2) is 3.92 Å². The summed E-state index contributed by atoms with van der Waals surface area (Å²) in [7, 11) is 0. The minimum atomic E-state index is -0.486. The maximum atomic E-state index is 10.8. The van der Waals surface area contributed by atoms with Crippen molar-refractivity contribution in [2.45, 2.75) is 17.8 Å². The molecule has 0 heterocycles. The molecule has 0 bridgehead atoms. The topological polar surface area (TPSA) is 60.2 Å². The third-order valence-corrected chi connectivity index (χ3v) is 4.15. The van der Waals surface area contributed by atoms with Gasteiger partial charge in [-0.3, -0.25) is 0 Å². The van der Waals surface area contributed by atoms with Crippen molar-refractivity contribution in [1.82, 2.24) is 0 Å². The molecule has 0 radical (unpaired) electrons. The van der Waals surface area contributed by atoms with Gasteiger partial charge in [-0.1, -0.05) is 0 Å². The summed E-state index contributed by atoms with van der Waals surface area (Å²) in [6.07, 6.45) is 0. The van der Waals surface area contributed by atoms with Crippen molar-refractivity contribution in [2.24, 2.45) is 0 Å². The summed E-state index contributed by atoms with van der Waals surface area (Å²) in [5.74, 6) is 0. The third kappa shape index (κ3) is 1.45. The Hall–Kier alpha value is -0.390. The van der Waals surface area contributed by atoms with E-state index in [9.17, 15) is 9.59 Å². The molecule has 0 aliphatic carbocycles. The zero-order chi connectivity index (χ0) is 8.59. The van der Waals surface area contributed by atoms with Crippen molar-refractivity contribution < 1.29 is 21.2 Å². The van der Waals surface area contributed by atoms with Gasteiger partial charge in [-0.2, -0.15) is 0 Å². The van der Waals surface area contributed by atoms with E-state index >= 15 is 0 Å². The summed E-state index contributed by atoms with van der Waals surface area (Å²) < 4.78 is 1.11. The number of halogens is 1. The number of alkyl halides is 1. The van der Waals surface area contributed by atoms with E-state index in [0.717, 1.165) is 0 Å². The van der Waals surface area contributed by atoms with Crippen LogP contribution >= 0.6 is 0 Å². The van der Waals surface area contributed by atoms with Gasteiger partial charge in [0.1, 0.15) is 0 Å². The number of nitrogens with two attached hydrogens (primary N) is 1. The van der Waals surface area contributed by atoms with Crippen LogP contribution in [0.2, 0.25) is 0 Å². The number of nitrogen functional groups attached to an aromatic ring is 1. The number of rotatable bonds is 2. The Labute approximate surface area is 74.6 Å². The van der Waals surface area contributed by atoms with E-state index in [-0.39, 0.29) is 32.3 Å². The summed E-state index contributed by atoms with van der Waals surface area (Å²) in [6.45, 7) is 4.06. The minimum absolute atomic E-state index is 0.219. The fraction of sp³-hybridized carbons (Fsp3) is 0.429. The molecule has 1 aromatic rings. The predicted octanol–water partition coefficient (Wildman–Crippen LogP) is -3.47. The second kappa shape index (κ2) is 2.92. The van der Waals surface area contributed by atoms with Crippen molar-refractivity contribution >= 4 is 5.69 Å². The van der Waals surface area contributed by atoms with Gasteiger partial charge in [0.05, 0.1) is 0 Å². The Balaban J connectivity index is 2.91. The maximum absolute atomic E-state index is 10.8. The molecular formula is C7H9INO2-. The van der Waals surface area contributed by atoms with Crippen LogP contribution in [0.15, 0.2) is 9.59 Å². The molecule has 2 N–H and O–H groups in total. The molecule has 0 aliphatic rings. The molecule has 62 valence electrons. The Bertz CT molecular complexity index is 336. The molecule has 0 unspecified atom stereocenters. The van der Waals surface area contributed by atoms with Crippen LogP contribution in [0.4, 0.5) is 5.69 Å². The van der Waals surface area contributed by atoms with Crippen LogP contribution in [0, 0.1) is 3.57 Å². The van der Waals surface area contributed by atoms with E-state index in [4.69, 9.17) is 5.73 Å². The fourth-order valence-corrected chi connectivity index (χ4v) is 3.06. The summed E-state index contributed by atoms with van der Waals surface area (Å²) in [4.78, 5) is 21.5. The molecule has 0 fully saturated rings. The van der Waals surface area contributed by atoms with Crippen molar-refractivity contribution in [3.63, 3.8) is 0 Å². The zero-order valence-electron chi connectivity index (χ0n) is 6.35. The average Bonchev–Trinajstić information content (AvgIpc) is 1.98. The molecule has 0 atom stereocenters. The third-order valence-electron chi connectivity index (χ3n) is 1.21. The fourth-order valence-electron chi connectivity index (χ4n) is 0.708. The summed E-state index contributed by atoms with van der Waals surface area (Å²) in [5, 5.41) is 0. The van der Waals surface area contributed by atoms with Gasteiger partial charge < -0.3 is 0 Å². The van der Waals surface area contributed by atoms with Crippen LogP contribution in [0.25, 0.3) is 0 Å². The van der Waals surface area contributed by atoms with Crippen LogP contribution in [0.1, 0.15) is 13.8 Å². The van der Waals surface area contributed by atoms with Crippen LogP contribution in [0.3, 0.4) is 0 Å². The zero-order valence-corrected chi connectivity index (χ0v) is 8.51. The van der Waals surface area contributed by atoms with E-state index in [1.165, 1.54) is 0 Å². The number of hydrogen-bond acceptors (Lipinski definition) is 3. The molecule has 0 saturated carbocycles. The Kier molecular flexibility index (Phi) is 2.31. The van der Waals surface area contributed by atoms with Crippen LogP contribution in [0.5, 0.6) is 0 Å². The number of hydrogen-bond donors (Lipinski definition) is 1. The number of anilines is 1. The summed E-state index contributed by atoms with van der Waals surface area (Å²) in [5.41, 5.74) is 4.73. The molecule has 3 nitrogen and oxygen atoms in total. The molecule has 4 heteroatoms. The molecule has 0 saturated heterocycles. The van der Waals surface area contributed by atoms with E-state index < -0.39 is 5.43 Å². The second-order valence-electron chi connectivity index (χ2n) is 2.51. The van der Waals surface area contributed by atoms with Gasteiger partial charge in [-0.05, 0) is 0 Å². The van der Waals surface area contributed by atoms with Gasteiger partial charge in [-0.15, -0.1) is 0 Å². The molecule has 0 aromatic heterocycles. The van der Waals surface area contributed by atoms with E-state index in [0.29, 0.717) is 7.49 Å². The molecule has 11 heavy (non-hydrogen) atoms. The predicted molar refractivity (Wildman–Crippen MR) is 39.6 cm³/mol. The van der Waals surface area contributed by atoms with E-state index in [2.05, 4.69) is 0 Å². The van der Waals surface area contributed by atoms with Crippen molar-refractivity contribution in [3.05, 3.63) is 24.0 Å². The summed E-state index contributed by atoms with van der Waals surface area (Å²) >= 11 is -0.334. The summed E-state index contributed by atoms with van der Waals surface area (Å²) in [6, 6.07) is 0. The monoisotopic (exact) mass is 266 g/mol. The molecule has 0 aliphatic heterocycles. The van der Waals surface area contributed by atoms with Crippen molar-refractivity contribution in [3.8, 4) is 0 Å². The van der Waals surface area contributed by atoms with Gasteiger partial charge >= 0.3 is 74.4 Å². The standard InChI is InChI=1S/C7H9INO2/c1-3(2)8-4-5(9)7(11)6(4)10/h3H,9H2,1-2H3/q-1. The Morgan fingerprint density at radius 3 is 2.18 bits per heavy atom. The molecule has 1 rings (SSSR count). The SMILES string of the molecule is CC(C)[I-]c1c(N)c(=O)c1=O. The average molecular weight is 266 g/mol. The Morgan fingerprint density at radius 1 is 1.27 bits per heavy atom.